The Morgan fingerprint density at radius 3 is 2.61 bits per heavy atom. The molecule has 2 heterocycles. The van der Waals surface area contributed by atoms with Gasteiger partial charge in [0.1, 0.15) is 11.4 Å². The second-order valence-electron chi connectivity index (χ2n) is 6.66. The number of nitrogens with one attached hydrogen (secondary N) is 1. The molecular weight excluding hydrogens is 370 g/mol. The Labute approximate surface area is 169 Å². The fraction of sp³-hybridized carbons (Fsp3) is 0.182. The maximum absolute atomic E-state index is 12.3. The number of ether oxygens (including phenoxy) is 1. The lowest BCUT2D eigenvalue weighted by atomic mass is 10.1. The molecule has 0 radical (unpaired) electrons. The van der Waals surface area contributed by atoms with Gasteiger partial charge >= 0.3 is 0 Å². The summed E-state index contributed by atoms with van der Waals surface area (Å²) in [4.78, 5) is 13.7. The highest BCUT2D eigenvalue weighted by molar-refractivity contribution is 7.80. The van der Waals surface area contributed by atoms with Crippen LogP contribution in [-0.2, 0) is 11.3 Å². The van der Waals surface area contributed by atoms with Crippen LogP contribution in [0.3, 0.4) is 0 Å². The molecule has 0 spiro atoms. The zero-order chi connectivity index (χ0) is 19.5. The first-order chi connectivity index (χ1) is 13.6. The average molecular weight is 391 g/mol. The van der Waals surface area contributed by atoms with Crippen LogP contribution in [0.15, 0.2) is 66.5 Å². The van der Waals surface area contributed by atoms with Crippen LogP contribution in [0.4, 0.5) is 0 Å². The van der Waals surface area contributed by atoms with Gasteiger partial charge in [0.2, 0.25) is 0 Å². The van der Waals surface area contributed by atoms with Gasteiger partial charge < -0.3 is 14.6 Å². The fourth-order valence-corrected chi connectivity index (χ4v) is 3.49. The monoisotopic (exact) mass is 391 g/mol. The molecule has 1 fully saturated rings. The molecule has 5 nitrogen and oxygen atoms in total. The van der Waals surface area contributed by atoms with E-state index >= 15 is 0 Å². The van der Waals surface area contributed by atoms with Crippen molar-refractivity contribution in [3.8, 4) is 5.75 Å². The van der Waals surface area contributed by atoms with E-state index in [4.69, 9.17) is 17.0 Å². The lowest BCUT2D eigenvalue weighted by Crippen LogP contribution is -2.25. The van der Waals surface area contributed by atoms with Gasteiger partial charge in [0, 0.05) is 36.3 Å². The van der Waals surface area contributed by atoms with Gasteiger partial charge in [0.15, 0.2) is 5.11 Å². The molecule has 0 bridgehead atoms. The summed E-state index contributed by atoms with van der Waals surface area (Å²) in [5.74, 6) is 0.772. The van der Waals surface area contributed by atoms with Crippen molar-refractivity contribution in [1.29, 1.82) is 0 Å². The molecule has 1 amide bonds. The van der Waals surface area contributed by atoms with E-state index in [-0.39, 0.29) is 5.91 Å². The van der Waals surface area contributed by atoms with Gasteiger partial charge in [-0.05, 0) is 42.9 Å². The van der Waals surface area contributed by atoms with E-state index in [9.17, 15) is 4.79 Å². The molecule has 6 heteroatoms. The van der Waals surface area contributed by atoms with Crippen LogP contribution in [0.1, 0.15) is 12.0 Å². The zero-order valence-electron chi connectivity index (χ0n) is 15.6. The third-order valence-electron chi connectivity index (χ3n) is 4.76. The van der Waals surface area contributed by atoms with Crippen molar-refractivity contribution in [3.05, 3.63) is 72.1 Å². The van der Waals surface area contributed by atoms with Gasteiger partial charge in [-0.25, -0.2) is 0 Å². The van der Waals surface area contributed by atoms with Crippen LogP contribution >= 0.6 is 12.2 Å². The number of nitrogens with zero attached hydrogens (tertiary/aromatic N) is 2. The van der Waals surface area contributed by atoms with E-state index in [1.807, 2.05) is 48.5 Å². The van der Waals surface area contributed by atoms with E-state index in [1.54, 1.807) is 7.05 Å². The maximum atomic E-state index is 12.3. The summed E-state index contributed by atoms with van der Waals surface area (Å²) in [7, 11) is 1.68. The number of thiocarbonyl (C=S) groups is 1. The predicted octanol–water partition coefficient (Wildman–Crippen LogP) is 3.80. The van der Waals surface area contributed by atoms with Crippen molar-refractivity contribution in [2.24, 2.45) is 0 Å². The maximum Gasteiger partial charge on any atom is 0.276 e. The van der Waals surface area contributed by atoms with E-state index in [0.717, 1.165) is 35.2 Å². The number of hydrogen-bond donors (Lipinski definition) is 1. The first-order valence-corrected chi connectivity index (χ1v) is 9.61. The molecule has 0 atom stereocenters. The van der Waals surface area contributed by atoms with Crippen LogP contribution in [-0.4, -0.2) is 34.1 Å². The average Bonchev–Trinajstić information content (AvgIpc) is 3.19. The number of fused-ring (bicyclic) bond motifs is 1. The highest BCUT2D eigenvalue weighted by Gasteiger charge is 2.27. The SMILES string of the molecule is CN1C(=O)/C(=C/c2cn(CCCOc3ccccc3)c3ccccc23)NC1=S. The molecule has 0 aliphatic carbocycles. The molecular formula is C22H21N3O2S. The van der Waals surface area contributed by atoms with Gasteiger partial charge in [0.05, 0.1) is 6.61 Å². The van der Waals surface area contributed by atoms with Crippen LogP contribution < -0.4 is 10.1 Å². The summed E-state index contributed by atoms with van der Waals surface area (Å²) in [5, 5.41) is 4.52. The van der Waals surface area contributed by atoms with Crippen LogP contribution in [0, 0.1) is 0 Å². The van der Waals surface area contributed by atoms with Crippen molar-refractivity contribution < 1.29 is 9.53 Å². The third-order valence-corrected chi connectivity index (χ3v) is 5.13. The molecule has 28 heavy (non-hydrogen) atoms. The number of carbonyl (C=O) groups excluding carboxylic acids is 1. The van der Waals surface area contributed by atoms with Crippen molar-refractivity contribution in [2.45, 2.75) is 13.0 Å². The number of carbonyl (C=O) groups is 1. The van der Waals surface area contributed by atoms with Gasteiger partial charge in [-0.3, -0.25) is 9.69 Å². The Morgan fingerprint density at radius 2 is 1.86 bits per heavy atom. The second kappa shape index (κ2) is 7.86. The molecule has 0 saturated carbocycles. The van der Waals surface area contributed by atoms with Crippen LogP contribution in [0.5, 0.6) is 5.75 Å². The number of para-hydroxylation sites is 2. The molecule has 1 saturated heterocycles. The summed E-state index contributed by atoms with van der Waals surface area (Å²) >= 11 is 5.16. The molecule has 1 aliphatic heterocycles. The van der Waals surface area contributed by atoms with E-state index in [2.05, 4.69) is 28.2 Å². The Morgan fingerprint density at radius 1 is 1.11 bits per heavy atom. The van der Waals surface area contributed by atoms with Gasteiger partial charge in [-0.15, -0.1) is 0 Å². The molecule has 3 aromatic rings. The number of aryl methyl sites for hydroxylation is 1. The van der Waals surface area contributed by atoms with Crippen molar-refractivity contribution in [1.82, 2.24) is 14.8 Å². The van der Waals surface area contributed by atoms with Gasteiger partial charge in [-0.2, -0.15) is 0 Å². The molecule has 0 unspecified atom stereocenters. The third kappa shape index (κ3) is 3.64. The largest absolute Gasteiger partial charge is 0.494 e. The number of amides is 1. The Hall–Kier alpha value is -3.12. The first kappa shape index (κ1) is 18.3. The van der Waals surface area contributed by atoms with Crippen molar-refractivity contribution >= 4 is 40.2 Å². The van der Waals surface area contributed by atoms with Crippen LogP contribution in [0.25, 0.3) is 17.0 Å². The smallest absolute Gasteiger partial charge is 0.276 e. The minimum absolute atomic E-state index is 0.113. The lowest BCUT2D eigenvalue weighted by Gasteiger charge is -2.07. The summed E-state index contributed by atoms with van der Waals surface area (Å²) in [6.45, 7) is 1.47. The van der Waals surface area contributed by atoms with E-state index in [0.29, 0.717) is 17.4 Å². The molecule has 4 rings (SSSR count). The fourth-order valence-electron chi connectivity index (χ4n) is 3.30. The highest BCUT2D eigenvalue weighted by atomic mass is 32.1. The summed E-state index contributed by atoms with van der Waals surface area (Å²) < 4.78 is 8.00. The number of hydrogen-bond acceptors (Lipinski definition) is 3. The molecule has 1 N–H and O–H groups in total. The number of aromatic nitrogens is 1. The zero-order valence-corrected chi connectivity index (χ0v) is 16.4. The molecule has 2 aromatic carbocycles. The summed E-state index contributed by atoms with van der Waals surface area (Å²) in [6, 6.07) is 18.0. The standard InChI is InChI=1S/C22H21N3O2S/c1-24-21(26)19(23-22(24)28)14-16-15-25(20-11-6-5-10-18(16)20)12-7-13-27-17-8-3-2-4-9-17/h2-6,8-11,14-15H,7,12-13H2,1H3,(H,23,28)/b19-14-. The number of rotatable bonds is 6. The molecule has 1 aliphatic rings. The minimum atomic E-state index is -0.113. The second-order valence-corrected chi connectivity index (χ2v) is 7.05. The Kier molecular flexibility index (Phi) is 5.12. The molecule has 1 aromatic heterocycles. The first-order valence-electron chi connectivity index (χ1n) is 9.20. The predicted molar refractivity (Wildman–Crippen MR) is 115 cm³/mol. The number of likely N-dealkylation sites (N-methyl/N-ethyl adjacent to an activating group) is 1. The summed E-state index contributed by atoms with van der Waals surface area (Å²) in [5.41, 5.74) is 2.63. The van der Waals surface area contributed by atoms with E-state index < -0.39 is 0 Å². The number of benzene rings is 2. The lowest BCUT2D eigenvalue weighted by molar-refractivity contribution is -0.121. The van der Waals surface area contributed by atoms with Gasteiger partial charge in [-0.1, -0.05) is 36.4 Å². The normalized spacial score (nSPS) is 15.5. The Bertz CT molecular complexity index is 1060. The molecule has 142 valence electrons. The topological polar surface area (TPSA) is 46.5 Å². The quantitative estimate of drug-likeness (QED) is 0.394. The van der Waals surface area contributed by atoms with Crippen LogP contribution in [0.2, 0.25) is 0 Å². The van der Waals surface area contributed by atoms with Crippen molar-refractivity contribution in [2.75, 3.05) is 13.7 Å². The highest BCUT2D eigenvalue weighted by Crippen LogP contribution is 2.25. The minimum Gasteiger partial charge on any atom is -0.494 e. The van der Waals surface area contributed by atoms with E-state index in [1.165, 1.54) is 4.90 Å². The summed E-state index contributed by atoms with van der Waals surface area (Å²) in [6.07, 6.45) is 4.83. The van der Waals surface area contributed by atoms with Crippen molar-refractivity contribution in [3.63, 3.8) is 0 Å². The Balaban J connectivity index is 1.52. The van der Waals surface area contributed by atoms with Gasteiger partial charge in [0.25, 0.3) is 5.91 Å².